The van der Waals surface area contributed by atoms with Crippen molar-refractivity contribution in [3.05, 3.63) is 23.4 Å². The molecule has 1 N–H and O–H groups in total. The average molecular weight is 354 g/mol. The van der Waals surface area contributed by atoms with Crippen LogP contribution in [0.25, 0.3) is 0 Å². The molecule has 3 aliphatic rings. The molecule has 0 aromatic carbocycles. The number of hydrogen-bond donors (Lipinski definition) is 1. The van der Waals surface area contributed by atoms with Crippen molar-refractivity contribution in [2.45, 2.75) is 57.6 Å². The number of aliphatic hydroxyl groups excluding tert-OH is 1. The first kappa shape index (κ1) is 17.8. The van der Waals surface area contributed by atoms with E-state index in [-0.39, 0.29) is 6.10 Å². The summed E-state index contributed by atoms with van der Waals surface area (Å²) >= 11 is 0. The van der Waals surface area contributed by atoms with E-state index in [1.165, 1.54) is 12.8 Å². The number of hydrogen-bond acceptors (Lipinski definition) is 5. The van der Waals surface area contributed by atoms with Gasteiger partial charge in [0.15, 0.2) is 0 Å². The van der Waals surface area contributed by atoms with Crippen molar-refractivity contribution >= 4 is 5.82 Å². The molecule has 1 saturated carbocycles. The second-order valence-electron chi connectivity index (χ2n) is 8.65. The number of aromatic nitrogens is 1. The van der Waals surface area contributed by atoms with Crippen molar-refractivity contribution in [2.75, 3.05) is 31.1 Å². The molecule has 0 bridgehead atoms. The van der Waals surface area contributed by atoms with E-state index < -0.39 is 0 Å². The van der Waals surface area contributed by atoms with E-state index in [0.29, 0.717) is 29.4 Å². The smallest absolute Gasteiger partial charge is 0.146 e. The Morgan fingerprint density at radius 2 is 1.85 bits per heavy atom. The predicted octanol–water partition coefficient (Wildman–Crippen LogP) is 2.75. The number of aliphatic hydroxyl groups is 1. The minimum Gasteiger partial charge on any atom is -0.391 e. The van der Waals surface area contributed by atoms with Crippen LogP contribution in [-0.2, 0) is 0 Å². The van der Waals surface area contributed by atoms with E-state index in [1.807, 2.05) is 12.1 Å². The van der Waals surface area contributed by atoms with Crippen LogP contribution in [0.2, 0.25) is 0 Å². The summed E-state index contributed by atoms with van der Waals surface area (Å²) in [6, 6.07) is 6.54. The fraction of sp³-hybridized carbons (Fsp3) is 0.714. The third-order valence-corrected chi connectivity index (χ3v) is 6.63. The highest BCUT2D eigenvalue weighted by Crippen LogP contribution is 2.41. The Kier molecular flexibility index (Phi) is 4.90. The van der Waals surface area contributed by atoms with Crippen LogP contribution >= 0.6 is 0 Å². The first-order valence-corrected chi connectivity index (χ1v) is 10.1. The predicted molar refractivity (Wildman–Crippen MR) is 102 cm³/mol. The Morgan fingerprint density at radius 3 is 2.50 bits per heavy atom. The summed E-state index contributed by atoms with van der Waals surface area (Å²) in [6.07, 6.45) is 4.28. The molecule has 140 valence electrons. The maximum absolute atomic E-state index is 10.7. The number of nitrogens with zero attached hydrogens (tertiary/aromatic N) is 4. The van der Waals surface area contributed by atoms with Gasteiger partial charge in [-0.2, -0.15) is 5.26 Å². The van der Waals surface area contributed by atoms with Gasteiger partial charge >= 0.3 is 0 Å². The van der Waals surface area contributed by atoms with Gasteiger partial charge < -0.3 is 10.0 Å². The van der Waals surface area contributed by atoms with Crippen LogP contribution in [0.5, 0.6) is 0 Å². The summed E-state index contributed by atoms with van der Waals surface area (Å²) in [5.41, 5.74) is 1.72. The fourth-order valence-electron chi connectivity index (χ4n) is 5.16. The molecular weight excluding hydrogens is 324 g/mol. The molecule has 0 radical (unpaired) electrons. The van der Waals surface area contributed by atoms with Gasteiger partial charge in [-0.15, -0.1) is 0 Å². The summed E-state index contributed by atoms with van der Waals surface area (Å²) in [4.78, 5) is 9.64. The van der Waals surface area contributed by atoms with Crippen molar-refractivity contribution in [3.63, 3.8) is 0 Å². The van der Waals surface area contributed by atoms with Gasteiger partial charge in [-0.3, -0.25) is 4.90 Å². The van der Waals surface area contributed by atoms with Crippen LogP contribution in [0.3, 0.4) is 0 Å². The molecular formula is C21H30N4O. The lowest BCUT2D eigenvalue weighted by molar-refractivity contribution is -0.000854. The minimum atomic E-state index is -0.209. The van der Waals surface area contributed by atoms with Gasteiger partial charge in [-0.1, -0.05) is 13.8 Å². The molecule has 26 heavy (non-hydrogen) atoms. The summed E-state index contributed by atoms with van der Waals surface area (Å²) in [6.45, 7) is 8.43. The van der Waals surface area contributed by atoms with Crippen LogP contribution in [0, 0.1) is 23.2 Å². The van der Waals surface area contributed by atoms with Gasteiger partial charge in [0, 0.05) is 24.8 Å². The molecule has 0 amide bonds. The van der Waals surface area contributed by atoms with Gasteiger partial charge in [-0.05, 0) is 68.7 Å². The molecule has 4 atom stereocenters. The maximum atomic E-state index is 10.7. The van der Waals surface area contributed by atoms with Crippen molar-refractivity contribution in [1.82, 2.24) is 9.88 Å². The Morgan fingerprint density at radius 1 is 1.15 bits per heavy atom. The molecule has 2 saturated heterocycles. The SMILES string of the molecule is CC(C)c1ccc(C#N)c(N2C[C@H]3C[C@@H](N4CCCC4)[C@H](O)C[C@H]3C2)n1. The van der Waals surface area contributed by atoms with E-state index in [1.54, 1.807) is 0 Å². The molecule has 5 heteroatoms. The van der Waals surface area contributed by atoms with Crippen molar-refractivity contribution < 1.29 is 5.11 Å². The lowest BCUT2D eigenvalue weighted by Gasteiger charge is -2.40. The summed E-state index contributed by atoms with van der Waals surface area (Å²) in [7, 11) is 0. The number of nitriles is 1. The summed E-state index contributed by atoms with van der Waals surface area (Å²) in [5.74, 6) is 2.31. The van der Waals surface area contributed by atoms with Crippen molar-refractivity contribution in [2.24, 2.45) is 11.8 Å². The highest BCUT2D eigenvalue weighted by molar-refractivity contribution is 5.55. The van der Waals surface area contributed by atoms with Crippen LogP contribution in [0.1, 0.15) is 56.7 Å². The zero-order valence-corrected chi connectivity index (χ0v) is 15.9. The zero-order valence-electron chi connectivity index (χ0n) is 15.9. The topological polar surface area (TPSA) is 63.4 Å². The van der Waals surface area contributed by atoms with Gasteiger partial charge in [0.25, 0.3) is 0 Å². The highest BCUT2D eigenvalue weighted by Gasteiger charge is 2.44. The number of anilines is 1. The van der Waals surface area contributed by atoms with E-state index >= 15 is 0 Å². The van der Waals surface area contributed by atoms with E-state index in [0.717, 1.165) is 50.5 Å². The maximum Gasteiger partial charge on any atom is 0.146 e. The molecule has 1 aliphatic carbocycles. The quantitative estimate of drug-likeness (QED) is 0.904. The monoisotopic (exact) mass is 354 g/mol. The van der Waals surface area contributed by atoms with Crippen LogP contribution in [0.4, 0.5) is 5.82 Å². The largest absolute Gasteiger partial charge is 0.391 e. The second-order valence-corrected chi connectivity index (χ2v) is 8.65. The van der Waals surface area contributed by atoms with Gasteiger partial charge in [-0.25, -0.2) is 4.98 Å². The Balaban J connectivity index is 1.53. The van der Waals surface area contributed by atoms with E-state index in [2.05, 4.69) is 29.7 Å². The normalized spacial score (nSPS) is 32.0. The van der Waals surface area contributed by atoms with Crippen molar-refractivity contribution in [1.29, 1.82) is 5.26 Å². The Bertz CT molecular complexity index is 692. The molecule has 1 aromatic heterocycles. The average Bonchev–Trinajstić information content (AvgIpc) is 3.29. The zero-order chi connectivity index (χ0) is 18.3. The lowest BCUT2D eigenvalue weighted by atomic mass is 9.77. The fourth-order valence-corrected chi connectivity index (χ4v) is 5.16. The molecule has 4 rings (SSSR count). The molecule has 1 aromatic rings. The van der Waals surface area contributed by atoms with Crippen molar-refractivity contribution in [3.8, 4) is 6.07 Å². The highest BCUT2D eigenvalue weighted by atomic mass is 16.3. The van der Waals surface area contributed by atoms with Crippen LogP contribution in [0.15, 0.2) is 12.1 Å². The molecule has 3 heterocycles. The first-order valence-electron chi connectivity index (χ1n) is 10.1. The lowest BCUT2D eigenvalue weighted by Crippen LogP contribution is -2.48. The van der Waals surface area contributed by atoms with E-state index in [9.17, 15) is 10.4 Å². The number of likely N-dealkylation sites (tertiary alicyclic amines) is 1. The van der Waals surface area contributed by atoms with Gasteiger partial charge in [0.2, 0.25) is 0 Å². The third kappa shape index (κ3) is 3.21. The Labute approximate surface area is 156 Å². The second kappa shape index (κ2) is 7.17. The Hall–Kier alpha value is -1.64. The van der Waals surface area contributed by atoms with Gasteiger partial charge in [0.1, 0.15) is 11.9 Å². The van der Waals surface area contributed by atoms with E-state index in [4.69, 9.17) is 4.98 Å². The minimum absolute atomic E-state index is 0.209. The standard InChI is InChI=1S/C21H30N4O/c1-14(2)18-6-5-15(11-22)21(23-18)25-12-16-9-19(24-7-3-4-8-24)20(26)10-17(16)13-25/h5-6,14,16-17,19-20,26H,3-4,7-10,12-13H2,1-2H3/t16-,17+,19-,20-/m1/s1. The van der Waals surface area contributed by atoms with Gasteiger partial charge in [0.05, 0.1) is 11.7 Å². The number of fused-ring (bicyclic) bond motifs is 1. The number of pyridine rings is 1. The first-order chi connectivity index (χ1) is 12.6. The molecule has 0 unspecified atom stereocenters. The molecule has 2 aliphatic heterocycles. The molecule has 3 fully saturated rings. The summed E-state index contributed by atoms with van der Waals surface area (Å²) < 4.78 is 0. The molecule has 0 spiro atoms. The van der Waals surface area contributed by atoms with Crippen LogP contribution in [-0.4, -0.2) is 53.3 Å². The third-order valence-electron chi connectivity index (χ3n) is 6.63. The van der Waals surface area contributed by atoms with Crippen LogP contribution < -0.4 is 4.90 Å². The number of rotatable bonds is 3. The summed E-state index contributed by atoms with van der Waals surface area (Å²) in [5, 5.41) is 20.3. The molecule has 5 nitrogen and oxygen atoms in total.